The Balaban J connectivity index is 1.81. The van der Waals surface area contributed by atoms with Crippen molar-refractivity contribution in [3.05, 3.63) is 66.0 Å². The van der Waals surface area contributed by atoms with Crippen LogP contribution >= 0.6 is 0 Å². The van der Waals surface area contributed by atoms with Crippen LogP contribution in [0, 0.1) is 5.92 Å². The molecule has 0 saturated heterocycles. The number of nitrogens with zero attached hydrogens (tertiary/aromatic N) is 1. The highest BCUT2D eigenvalue weighted by Crippen LogP contribution is 2.28. The number of nitrogens with one attached hydrogen (secondary N) is 1. The highest BCUT2D eigenvalue weighted by molar-refractivity contribution is 5.91. The maximum atomic E-state index is 12.2. The Morgan fingerprint density at radius 3 is 2.70 bits per heavy atom. The van der Waals surface area contributed by atoms with Gasteiger partial charge in [0.2, 0.25) is 5.91 Å². The van der Waals surface area contributed by atoms with Gasteiger partial charge in [-0.2, -0.15) is 0 Å². The standard InChI is InChI=1S/C24H30N2O4/c1-18(2)9-6-4-5-7-11-23(27)26-16-19-12-13-21(22(15-19)29-3)30-24(28)20-10-8-14-25-17-20/h6,8-10,12-15,17-18H,4-5,7,11,16H2,1-3H3,(H,26,27). The number of amides is 1. The fourth-order valence-corrected chi connectivity index (χ4v) is 2.75. The van der Waals surface area contributed by atoms with Crippen LogP contribution in [0.25, 0.3) is 0 Å². The third-order valence-corrected chi connectivity index (χ3v) is 4.36. The third-order valence-electron chi connectivity index (χ3n) is 4.36. The lowest BCUT2D eigenvalue weighted by atomic mass is 10.1. The summed E-state index contributed by atoms with van der Waals surface area (Å²) in [5.74, 6) is 0.821. The maximum absolute atomic E-state index is 12.2. The van der Waals surface area contributed by atoms with E-state index >= 15 is 0 Å². The van der Waals surface area contributed by atoms with Crippen LogP contribution in [0.1, 0.15) is 55.5 Å². The first kappa shape index (κ1) is 23.1. The highest BCUT2D eigenvalue weighted by Gasteiger charge is 2.13. The van der Waals surface area contributed by atoms with Crippen LogP contribution in [0.3, 0.4) is 0 Å². The van der Waals surface area contributed by atoms with E-state index in [4.69, 9.17) is 9.47 Å². The number of hydrogen-bond acceptors (Lipinski definition) is 5. The van der Waals surface area contributed by atoms with Gasteiger partial charge in [0, 0.05) is 25.4 Å². The zero-order valence-corrected chi connectivity index (χ0v) is 17.9. The van der Waals surface area contributed by atoms with Crippen molar-refractivity contribution < 1.29 is 19.1 Å². The van der Waals surface area contributed by atoms with Crippen molar-refractivity contribution in [2.24, 2.45) is 5.92 Å². The van der Waals surface area contributed by atoms with E-state index in [2.05, 4.69) is 36.3 Å². The molecule has 0 aliphatic rings. The molecule has 30 heavy (non-hydrogen) atoms. The van der Waals surface area contributed by atoms with Crippen LogP contribution in [-0.4, -0.2) is 24.0 Å². The molecule has 2 aromatic rings. The molecule has 160 valence electrons. The maximum Gasteiger partial charge on any atom is 0.345 e. The minimum atomic E-state index is -0.509. The summed E-state index contributed by atoms with van der Waals surface area (Å²) in [6, 6.07) is 8.51. The van der Waals surface area contributed by atoms with Crippen molar-refractivity contribution >= 4 is 11.9 Å². The van der Waals surface area contributed by atoms with Crippen molar-refractivity contribution in [1.82, 2.24) is 10.3 Å². The number of benzene rings is 1. The predicted molar refractivity (Wildman–Crippen MR) is 116 cm³/mol. The van der Waals surface area contributed by atoms with Gasteiger partial charge in [0.05, 0.1) is 12.7 Å². The normalized spacial score (nSPS) is 10.9. The molecule has 6 nitrogen and oxygen atoms in total. The van der Waals surface area contributed by atoms with E-state index in [-0.39, 0.29) is 5.91 Å². The zero-order chi connectivity index (χ0) is 21.8. The summed E-state index contributed by atoms with van der Waals surface area (Å²) >= 11 is 0. The predicted octanol–water partition coefficient (Wildman–Crippen LogP) is 4.70. The molecule has 2 rings (SSSR count). The highest BCUT2D eigenvalue weighted by atomic mass is 16.6. The first-order chi connectivity index (χ1) is 14.5. The number of pyridine rings is 1. The smallest absolute Gasteiger partial charge is 0.345 e. The molecule has 0 atom stereocenters. The zero-order valence-electron chi connectivity index (χ0n) is 17.9. The van der Waals surface area contributed by atoms with E-state index < -0.39 is 5.97 Å². The van der Waals surface area contributed by atoms with Gasteiger partial charge < -0.3 is 14.8 Å². The first-order valence-electron chi connectivity index (χ1n) is 10.2. The van der Waals surface area contributed by atoms with Crippen molar-refractivity contribution in [2.75, 3.05) is 7.11 Å². The number of unbranched alkanes of at least 4 members (excludes halogenated alkanes) is 2. The lowest BCUT2D eigenvalue weighted by Crippen LogP contribution is -2.22. The molecule has 1 aromatic carbocycles. The minimum Gasteiger partial charge on any atom is -0.493 e. The van der Waals surface area contributed by atoms with Crippen LogP contribution in [0.5, 0.6) is 11.5 Å². The Kier molecular flexibility index (Phi) is 9.58. The fourth-order valence-electron chi connectivity index (χ4n) is 2.75. The number of rotatable bonds is 11. The molecule has 0 saturated carbocycles. The summed E-state index contributed by atoms with van der Waals surface area (Å²) in [5.41, 5.74) is 1.22. The van der Waals surface area contributed by atoms with Crippen LogP contribution in [-0.2, 0) is 11.3 Å². The Labute approximate surface area is 178 Å². The van der Waals surface area contributed by atoms with Crippen molar-refractivity contribution in [3.8, 4) is 11.5 Å². The molecule has 1 amide bonds. The lowest BCUT2D eigenvalue weighted by Gasteiger charge is -2.11. The van der Waals surface area contributed by atoms with E-state index in [1.165, 1.54) is 13.3 Å². The molecule has 0 spiro atoms. The topological polar surface area (TPSA) is 77.5 Å². The number of allylic oxidation sites excluding steroid dienone is 2. The van der Waals surface area contributed by atoms with Gasteiger partial charge in [-0.15, -0.1) is 0 Å². The van der Waals surface area contributed by atoms with Gasteiger partial charge in [-0.25, -0.2) is 4.79 Å². The van der Waals surface area contributed by atoms with Gasteiger partial charge in [0.15, 0.2) is 11.5 Å². The van der Waals surface area contributed by atoms with Gasteiger partial charge in [0.1, 0.15) is 0 Å². The molecule has 0 radical (unpaired) electrons. The summed E-state index contributed by atoms with van der Waals surface area (Å²) in [6.07, 6.45) is 10.8. The van der Waals surface area contributed by atoms with Gasteiger partial charge in [0.25, 0.3) is 0 Å². The van der Waals surface area contributed by atoms with Crippen LogP contribution in [0.15, 0.2) is 54.9 Å². The molecule has 0 aliphatic heterocycles. The number of methoxy groups -OCH3 is 1. The average molecular weight is 411 g/mol. The Morgan fingerprint density at radius 2 is 2.00 bits per heavy atom. The number of hydrogen-bond donors (Lipinski definition) is 1. The molecule has 1 aromatic heterocycles. The van der Waals surface area contributed by atoms with Gasteiger partial charge in [-0.1, -0.05) is 32.1 Å². The van der Waals surface area contributed by atoms with E-state index in [0.717, 1.165) is 24.8 Å². The monoisotopic (exact) mass is 410 g/mol. The molecule has 0 fully saturated rings. The van der Waals surface area contributed by atoms with Crippen LogP contribution in [0.2, 0.25) is 0 Å². The molecule has 0 aliphatic carbocycles. The Morgan fingerprint density at radius 1 is 1.17 bits per heavy atom. The van der Waals surface area contributed by atoms with E-state index in [9.17, 15) is 9.59 Å². The Hall–Kier alpha value is -3.15. The van der Waals surface area contributed by atoms with E-state index in [1.54, 1.807) is 36.5 Å². The number of aromatic nitrogens is 1. The third kappa shape index (κ3) is 8.07. The quantitative estimate of drug-likeness (QED) is 0.251. The molecule has 1 heterocycles. The summed E-state index contributed by atoms with van der Waals surface area (Å²) in [6.45, 7) is 4.69. The number of esters is 1. The van der Waals surface area contributed by atoms with Crippen LogP contribution < -0.4 is 14.8 Å². The number of ether oxygens (including phenoxy) is 2. The fraction of sp³-hybridized carbons (Fsp3) is 0.375. The second-order valence-electron chi connectivity index (χ2n) is 7.31. The van der Waals surface area contributed by atoms with Gasteiger partial charge in [-0.05, 0) is 55.0 Å². The minimum absolute atomic E-state index is 0.0221. The van der Waals surface area contributed by atoms with E-state index in [1.807, 2.05) is 0 Å². The number of carbonyl (C=O) groups excluding carboxylic acids is 2. The second-order valence-corrected chi connectivity index (χ2v) is 7.31. The average Bonchev–Trinajstić information content (AvgIpc) is 2.75. The Bertz CT molecular complexity index is 848. The summed E-state index contributed by atoms with van der Waals surface area (Å²) in [5, 5.41) is 2.92. The molecular formula is C24H30N2O4. The van der Waals surface area contributed by atoms with Crippen LogP contribution in [0.4, 0.5) is 0 Å². The first-order valence-corrected chi connectivity index (χ1v) is 10.2. The molecule has 1 N–H and O–H groups in total. The second kappa shape index (κ2) is 12.4. The summed E-state index contributed by atoms with van der Waals surface area (Å²) in [7, 11) is 1.51. The van der Waals surface area contributed by atoms with Gasteiger partial charge in [-0.3, -0.25) is 9.78 Å². The van der Waals surface area contributed by atoms with Crippen molar-refractivity contribution in [3.63, 3.8) is 0 Å². The molecule has 0 unspecified atom stereocenters. The van der Waals surface area contributed by atoms with Gasteiger partial charge >= 0.3 is 5.97 Å². The lowest BCUT2D eigenvalue weighted by molar-refractivity contribution is -0.121. The largest absolute Gasteiger partial charge is 0.493 e. The van der Waals surface area contributed by atoms with Crippen molar-refractivity contribution in [2.45, 2.75) is 46.1 Å². The molecular weight excluding hydrogens is 380 g/mol. The SMILES string of the molecule is COc1cc(CNC(=O)CCCCC=CC(C)C)ccc1OC(=O)c1cccnc1. The summed E-state index contributed by atoms with van der Waals surface area (Å²) in [4.78, 5) is 28.2. The molecule has 0 bridgehead atoms. The summed E-state index contributed by atoms with van der Waals surface area (Å²) < 4.78 is 10.7. The van der Waals surface area contributed by atoms with Crippen molar-refractivity contribution in [1.29, 1.82) is 0 Å². The van der Waals surface area contributed by atoms with E-state index in [0.29, 0.717) is 35.9 Å². The number of carbonyl (C=O) groups is 2. The molecule has 6 heteroatoms.